The number of halogens is 1. The van der Waals surface area contributed by atoms with Gasteiger partial charge in [0.25, 0.3) is 0 Å². The van der Waals surface area contributed by atoms with E-state index in [1.54, 1.807) is 0 Å². The van der Waals surface area contributed by atoms with Crippen LogP contribution in [0.5, 0.6) is 11.5 Å². The van der Waals surface area contributed by atoms with Gasteiger partial charge < -0.3 is 14.9 Å². The number of esters is 1. The molecule has 0 aromatic heterocycles. The molecule has 0 fully saturated rings. The zero-order valence-electron chi connectivity index (χ0n) is 7.45. The number of phenols is 2. The van der Waals surface area contributed by atoms with Crippen LogP contribution < -0.4 is 0 Å². The largest absolute Gasteiger partial charge is 0.504 e. The standard InChI is InChI=1S/C9H9ClO4/c1-14-9(13)3-5-2-7(11)8(12)4-6(5)10/h2,4,11-12H,3H2,1H3. The number of rotatable bonds is 2. The number of hydrogen-bond acceptors (Lipinski definition) is 4. The molecule has 0 aliphatic heterocycles. The van der Waals surface area contributed by atoms with E-state index in [2.05, 4.69) is 4.74 Å². The zero-order chi connectivity index (χ0) is 10.7. The lowest BCUT2D eigenvalue weighted by molar-refractivity contribution is -0.139. The minimum absolute atomic E-state index is 0.0385. The average Bonchev–Trinajstić information content (AvgIpc) is 2.14. The molecule has 1 rings (SSSR count). The van der Waals surface area contributed by atoms with E-state index >= 15 is 0 Å². The van der Waals surface area contributed by atoms with Gasteiger partial charge in [0, 0.05) is 11.1 Å². The van der Waals surface area contributed by atoms with Crippen molar-refractivity contribution < 1.29 is 19.7 Å². The molecular formula is C9H9ClO4. The van der Waals surface area contributed by atoms with E-state index in [4.69, 9.17) is 21.8 Å². The summed E-state index contributed by atoms with van der Waals surface area (Å²) in [6, 6.07) is 2.41. The summed E-state index contributed by atoms with van der Waals surface area (Å²) in [5.41, 5.74) is 0.411. The SMILES string of the molecule is COC(=O)Cc1cc(O)c(O)cc1Cl. The van der Waals surface area contributed by atoms with Crippen LogP contribution in [0.2, 0.25) is 5.02 Å². The van der Waals surface area contributed by atoms with Crippen molar-refractivity contribution in [2.75, 3.05) is 7.11 Å². The van der Waals surface area contributed by atoms with Crippen molar-refractivity contribution in [1.82, 2.24) is 0 Å². The smallest absolute Gasteiger partial charge is 0.310 e. The molecule has 14 heavy (non-hydrogen) atoms. The molecule has 0 saturated heterocycles. The second-order valence-electron chi connectivity index (χ2n) is 2.69. The van der Waals surface area contributed by atoms with Crippen molar-refractivity contribution in [3.63, 3.8) is 0 Å². The Balaban J connectivity index is 2.98. The van der Waals surface area contributed by atoms with Crippen molar-refractivity contribution in [1.29, 1.82) is 0 Å². The molecule has 0 atom stereocenters. The molecule has 0 radical (unpaired) electrons. The van der Waals surface area contributed by atoms with Gasteiger partial charge in [0.15, 0.2) is 11.5 Å². The van der Waals surface area contributed by atoms with Crippen LogP contribution in [-0.4, -0.2) is 23.3 Å². The molecule has 0 amide bonds. The second kappa shape index (κ2) is 4.19. The first-order chi connectivity index (χ1) is 6.54. The van der Waals surface area contributed by atoms with Gasteiger partial charge in [0.2, 0.25) is 0 Å². The topological polar surface area (TPSA) is 66.8 Å². The lowest BCUT2D eigenvalue weighted by atomic mass is 10.1. The Morgan fingerprint density at radius 1 is 1.43 bits per heavy atom. The minimum atomic E-state index is -0.461. The Bertz CT molecular complexity index is 362. The third-order valence-electron chi connectivity index (χ3n) is 1.71. The molecule has 76 valence electrons. The number of hydrogen-bond donors (Lipinski definition) is 2. The van der Waals surface area contributed by atoms with Crippen molar-refractivity contribution in [3.05, 3.63) is 22.7 Å². The monoisotopic (exact) mass is 216 g/mol. The summed E-state index contributed by atoms with van der Waals surface area (Å²) in [6.07, 6.45) is -0.0385. The van der Waals surface area contributed by atoms with Gasteiger partial charge in [-0.15, -0.1) is 0 Å². The number of benzene rings is 1. The first kappa shape index (κ1) is 10.7. The number of aromatic hydroxyl groups is 2. The summed E-state index contributed by atoms with van der Waals surface area (Å²) in [5.74, 6) is -1.09. The molecular weight excluding hydrogens is 208 g/mol. The fourth-order valence-electron chi connectivity index (χ4n) is 0.958. The van der Waals surface area contributed by atoms with Gasteiger partial charge in [0.05, 0.1) is 13.5 Å². The van der Waals surface area contributed by atoms with Gasteiger partial charge in [-0.25, -0.2) is 0 Å². The maximum Gasteiger partial charge on any atom is 0.310 e. The van der Waals surface area contributed by atoms with Crippen LogP contribution in [0.4, 0.5) is 0 Å². The van der Waals surface area contributed by atoms with Gasteiger partial charge >= 0.3 is 5.97 Å². The summed E-state index contributed by atoms with van der Waals surface area (Å²) in [7, 11) is 1.26. The summed E-state index contributed by atoms with van der Waals surface area (Å²) < 4.78 is 4.44. The summed E-state index contributed by atoms with van der Waals surface area (Å²) >= 11 is 5.72. The molecule has 0 spiro atoms. The predicted molar refractivity (Wildman–Crippen MR) is 50.5 cm³/mol. The van der Waals surface area contributed by atoms with Gasteiger partial charge in [0.1, 0.15) is 0 Å². The normalized spacial score (nSPS) is 9.86. The zero-order valence-corrected chi connectivity index (χ0v) is 8.21. The van der Waals surface area contributed by atoms with Gasteiger partial charge in [-0.05, 0) is 11.6 Å². The van der Waals surface area contributed by atoms with Crippen LogP contribution in [0.25, 0.3) is 0 Å². The van der Waals surface area contributed by atoms with E-state index in [0.29, 0.717) is 5.56 Å². The lowest BCUT2D eigenvalue weighted by Gasteiger charge is -2.05. The molecule has 0 unspecified atom stereocenters. The van der Waals surface area contributed by atoms with Crippen LogP contribution >= 0.6 is 11.6 Å². The van der Waals surface area contributed by atoms with Gasteiger partial charge in [-0.2, -0.15) is 0 Å². The first-order valence-electron chi connectivity index (χ1n) is 3.81. The lowest BCUT2D eigenvalue weighted by Crippen LogP contribution is -2.04. The molecule has 0 heterocycles. The molecule has 0 saturated carbocycles. The fraction of sp³-hybridized carbons (Fsp3) is 0.222. The Morgan fingerprint density at radius 3 is 2.57 bits per heavy atom. The molecule has 5 heteroatoms. The highest BCUT2D eigenvalue weighted by Crippen LogP contribution is 2.31. The quantitative estimate of drug-likeness (QED) is 0.580. The molecule has 1 aromatic rings. The minimum Gasteiger partial charge on any atom is -0.504 e. The Hall–Kier alpha value is -1.42. The maximum atomic E-state index is 10.9. The Morgan fingerprint density at radius 2 is 2.00 bits per heavy atom. The van der Waals surface area contributed by atoms with E-state index in [1.807, 2.05) is 0 Å². The molecule has 0 bridgehead atoms. The second-order valence-corrected chi connectivity index (χ2v) is 3.09. The number of carbonyl (C=O) groups excluding carboxylic acids is 1. The van der Waals surface area contributed by atoms with Crippen molar-refractivity contribution in [2.45, 2.75) is 6.42 Å². The molecule has 4 nitrogen and oxygen atoms in total. The molecule has 0 aliphatic rings. The first-order valence-corrected chi connectivity index (χ1v) is 4.19. The molecule has 1 aromatic carbocycles. The number of carbonyl (C=O) groups is 1. The summed E-state index contributed by atoms with van der Waals surface area (Å²) in [6.45, 7) is 0. The van der Waals surface area contributed by atoms with Crippen LogP contribution in [0.15, 0.2) is 12.1 Å². The highest BCUT2D eigenvalue weighted by molar-refractivity contribution is 6.31. The van der Waals surface area contributed by atoms with E-state index in [9.17, 15) is 4.79 Å². The Kier molecular flexibility index (Phi) is 3.19. The van der Waals surface area contributed by atoms with Gasteiger partial charge in [-0.1, -0.05) is 11.6 Å². The van der Waals surface area contributed by atoms with E-state index in [1.165, 1.54) is 19.2 Å². The van der Waals surface area contributed by atoms with Gasteiger partial charge in [-0.3, -0.25) is 4.79 Å². The third kappa shape index (κ3) is 2.29. The fourth-order valence-corrected chi connectivity index (χ4v) is 1.18. The van der Waals surface area contributed by atoms with Crippen molar-refractivity contribution in [3.8, 4) is 11.5 Å². The number of phenolic OH excluding ortho intramolecular Hbond substituents is 2. The number of ether oxygens (including phenoxy) is 1. The van der Waals surface area contributed by atoms with E-state index in [0.717, 1.165) is 0 Å². The average molecular weight is 217 g/mol. The van der Waals surface area contributed by atoms with Crippen molar-refractivity contribution in [2.24, 2.45) is 0 Å². The van der Waals surface area contributed by atoms with Crippen molar-refractivity contribution >= 4 is 17.6 Å². The maximum absolute atomic E-state index is 10.9. The predicted octanol–water partition coefficient (Wildman–Crippen LogP) is 1.47. The molecule has 0 aliphatic carbocycles. The third-order valence-corrected chi connectivity index (χ3v) is 2.06. The molecule has 2 N–H and O–H groups in total. The van der Waals surface area contributed by atoms with Crippen LogP contribution in [0, 0.1) is 0 Å². The van der Waals surface area contributed by atoms with Crippen LogP contribution in [0.3, 0.4) is 0 Å². The van der Waals surface area contributed by atoms with Crippen LogP contribution in [-0.2, 0) is 16.0 Å². The van der Waals surface area contributed by atoms with E-state index < -0.39 is 5.97 Å². The highest BCUT2D eigenvalue weighted by Gasteiger charge is 2.10. The summed E-state index contributed by atoms with van der Waals surface area (Å²) in [4.78, 5) is 10.9. The van der Waals surface area contributed by atoms with E-state index in [-0.39, 0.29) is 22.9 Å². The van der Waals surface area contributed by atoms with Crippen LogP contribution in [0.1, 0.15) is 5.56 Å². The summed E-state index contributed by atoms with van der Waals surface area (Å²) in [5, 5.41) is 18.4. The Labute approximate surface area is 85.7 Å². The number of methoxy groups -OCH3 is 1. The highest BCUT2D eigenvalue weighted by atomic mass is 35.5.